The number of anilines is 1. The van der Waals surface area contributed by atoms with Gasteiger partial charge >= 0.3 is 0 Å². The van der Waals surface area contributed by atoms with Crippen molar-refractivity contribution >= 4 is 17.5 Å². The number of fused-ring (bicyclic) bond motifs is 1. The van der Waals surface area contributed by atoms with Gasteiger partial charge in [-0.3, -0.25) is 9.59 Å². The third kappa shape index (κ3) is 3.71. The summed E-state index contributed by atoms with van der Waals surface area (Å²) >= 11 is 0. The minimum atomic E-state index is -0.677. The summed E-state index contributed by atoms with van der Waals surface area (Å²) < 4.78 is 1.89. The minimum absolute atomic E-state index is 0.0469. The summed E-state index contributed by atoms with van der Waals surface area (Å²) in [5.41, 5.74) is 8.00. The third-order valence-electron chi connectivity index (χ3n) is 6.15. The van der Waals surface area contributed by atoms with Gasteiger partial charge in [0.25, 0.3) is 5.91 Å². The van der Waals surface area contributed by atoms with Crippen LogP contribution in [0.4, 0.5) is 5.82 Å². The lowest BCUT2D eigenvalue weighted by Crippen LogP contribution is -2.37. The molecule has 0 bridgehead atoms. The summed E-state index contributed by atoms with van der Waals surface area (Å²) in [5, 5.41) is 13.5. The van der Waals surface area contributed by atoms with Crippen LogP contribution in [0.5, 0.6) is 0 Å². The van der Waals surface area contributed by atoms with E-state index in [4.69, 9.17) is 5.73 Å². The monoisotopic (exact) mass is 411 g/mol. The maximum Gasteiger partial charge on any atom is 0.271 e. The first-order valence-corrected chi connectivity index (χ1v) is 10.5. The van der Waals surface area contributed by atoms with E-state index in [0.717, 1.165) is 42.5 Å². The third-order valence-corrected chi connectivity index (χ3v) is 6.15. The standard InChI is InChI=1S/C22H29N5O3/c1-12-11-27(14-8-22(2,3)9-16(29)18(12)14)17-10-24-19(20(23)30)21(26-17)25-13-6-4-5-7-15(13)28/h10-11,13,15,28H,4-9H2,1-3H3,(H2,23,30)(H,25,26). The van der Waals surface area contributed by atoms with Crippen LogP contribution in [-0.4, -0.2) is 43.5 Å². The van der Waals surface area contributed by atoms with Crippen molar-refractivity contribution in [1.29, 1.82) is 0 Å². The summed E-state index contributed by atoms with van der Waals surface area (Å²) in [4.78, 5) is 33.6. The van der Waals surface area contributed by atoms with Gasteiger partial charge in [-0.2, -0.15) is 0 Å². The number of aromatic nitrogens is 3. The lowest BCUT2D eigenvalue weighted by molar-refractivity contribution is 0.0909. The highest BCUT2D eigenvalue weighted by Gasteiger charge is 2.35. The van der Waals surface area contributed by atoms with Gasteiger partial charge in [0.05, 0.1) is 18.3 Å². The van der Waals surface area contributed by atoms with Crippen LogP contribution in [0.1, 0.15) is 78.1 Å². The van der Waals surface area contributed by atoms with Gasteiger partial charge < -0.3 is 20.7 Å². The summed E-state index contributed by atoms with van der Waals surface area (Å²) in [5.74, 6) is 0.252. The molecule has 2 aromatic heterocycles. The first-order chi connectivity index (χ1) is 14.2. The van der Waals surface area contributed by atoms with Crippen LogP contribution >= 0.6 is 0 Å². The number of aliphatic hydroxyl groups is 1. The van der Waals surface area contributed by atoms with Crippen LogP contribution in [0.3, 0.4) is 0 Å². The van der Waals surface area contributed by atoms with Crippen molar-refractivity contribution in [2.75, 3.05) is 5.32 Å². The van der Waals surface area contributed by atoms with Gasteiger partial charge in [0.2, 0.25) is 0 Å². The molecule has 0 radical (unpaired) electrons. The van der Waals surface area contributed by atoms with Gasteiger partial charge in [-0.15, -0.1) is 0 Å². The number of aryl methyl sites for hydroxylation is 1. The molecule has 2 aliphatic rings. The molecule has 0 spiro atoms. The molecule has 1 saturated carbocycles. The molecule has 2 atom stereocenters. The number of carbonyl (C=O) groups excluding carboxylic acids is 2. The smallest absolute Gasteiger partial charge is 0.271 e. The molecular formula is C22H29N5O3. The first kappa shape index (κ1) is 20.5. The highest BCUT2D eigenvalue weighted by atomic mass is 16.3. The van der Waals surface area contributed by atoms with E-state index in [9.17, 15) is 14.7 Å². The zero-order chi connectivity index (χ0) is 21.6. The van der Waals surface area contributed by atoms with Crippen molar-refractivity contribution < 1.29 is 14.7 Å². The molecule has 2 aliphatic carbocycles. The number of hydrogen-bond donors (Lipinski definition) is 3. The van der Waals surface area contributed by atoms with Gasteiger partial charge in [-0.25, -0.2) is 9.97 Å². The Balaban J connectivity index is 1.77. The fraction of sp³-hybridized carbons (Fsp3) is 0.545. The van der Waals surface area contributed by atoms with E-state index in [1.165, 1.54) is 6.20 Å². The Hall–Kier alpha value is -2.74. The first-order valence-electron chi connectivity index (χ1n) is 10.5. The predicted molar refractivity (Wildman–Crippen MR) is 113 cm³/mol. The second-order valence-electron chi connectivity index (χ2n) is 9.34. The number of ketones is 1. The highest BCUT2D eigenvalue weighted by molar-refractivity contribution is 6.00. The molecule has 8 heteroatoms. The molecule has 160 valence electrons. The Kier molecular flexibility index (Phi) is 5.13. The van der Waals surface area contributed by atoms with Crippen molar-refractivity contribution in [3.05, 3.63) is 34.9 Å². The number of carbonyl (C=O) groups is 2. The van der Waals surface area contributed by atoms with Gasteiger partial charge in [0, 0.05) is 23.9 Å². The van der Waals surface area contributed by atoms with Crippen molar-refractivity contribution in [2.45, 2.75) is 71.4 Å². The number of Topliss-reactive ketones (excluding diaryl/α,β-unsaturated/α-hetero) is 1. The Morgan fingerprint density at radius 3 is 2.73 bits per heavy atom. The maximum absolute atomic E-state index is 12.7. The van der Waals surface area contributed by atoms with Gasteiger partial charge in [0.1, 0.15) is 0 Å². The number of primary amides is 1. The van der Waals surface area contributed by atoms with E-state index in [1.807, 2.05) is 17.7 Å². The SMILES string of the molecule is Cc1cn(-c2cnc(C(N)=O)c(NC3CCCCC3O)n2)c2c1C(=O)CC(C)(C)C2. The summed E-state index contributed by atoms with van der Waals surface area (Å²) in [6, 6.07) is -0.206. The van der Waals surface area contributed by atoms with Crippen molar-refractivity contribution in [3.63, 3.8) is 0 Å². The molecule has 2 unspecified atom stereocenters. The molecule has 2 heterocycles. The lowest BCUT2D eigenvalue weighted by atomic mass is 9.75. The molecule has 1 amide bonds. The van der Waals surface area contributed by atoms with E-state index in [0.29, 0.717) is 18.7 Å². The van der Waals surface area contributed by atoms with E-state index in [-0.39, 0.29) is 28.8 Å². The van der Waals surface area contributed by atoms with Crippen molar-refractivity contribution in [1.82, 2.24) is 14.5 Å². The second-order valence-corrected chi connectivity index (χ2v) is 9.34. The molecule has 2 aromatic rings. The Bertz CT molecular complexity index is 1010. The van der Waals surface area contributed by atoms with Crippen molar-refractivity contribution in [2.24, 2.45) is 11.1 Å². The Labute approximate surface area is 175 Å². The van der Waals surface area contributed by atoms with Gasteiger partial charge in [-0.05, 0) is 37.2 Å². The normalized spacial score (nSPS) is 23.1. The number of aliphatic hydroxyl groups excluding tert-OH is 1. The zero-order valence-electron chi connectivity index (χ0n) is 17.7. The molecule has 4 rings (SSSR count). The molecule has 30 heavy (non-hydrogen) atoms. The molecule has 0 aromatic carbocycles. The zero-order valence-corrected chi connectivity index (χ0v) is 17.7. The van der Waals surface area contributed by atoms with Crippen LogP contribution in [-0.2, 0) is 6.42 Å². The number of nitrogens with two attached hydrogens (primary N) is 1. The summed E-state index contributed by atoms with van der Waals surface area (Å²) in [7, 11) is 0. The molecule has 8 nitrogen and oxygen atoms in total. The Morgan fingerprint density at radius 1 is 1.30 bits per heavy atom. The average Bonchev–Trinajstić information content (AvgIpc) is 2.98. The number of amides is 1. The minimum Gasteiger partial charge on any atom is -0.391 e. The predicted octanol–water partition coefficient (Wildman–Crippen LogP) is 2.55. The summed E-state index contributed by atoms with van der Waals surface area (Å²) in [6.07, 6.45) is 7.62. The van der Waals surface area contributed by atoms with Crippen LogP contribution in [0, 0.1) is 12.3 Å². The van der Waals surface area contributed by atoms with Gasteiger partial charge in [0.15, 0.2) is 23.1 Å². The van der Waals surface area contributed by atoms with E-state index >= 15 is 0 Å². The second kappa shape index (κ2) is 7.50. The van der Waals surface area contributed by atoms with Crippen LogP contribution in [0.2, 0.25) is 0 Å². The molecular weight excluding hydrogens is 382 g/mol. The Morgan fingerprint density at radius 2 is 2.03 bits per heavy atom. The topological polar surface area (TPSA) is 123 Å². The largest absolute Gasteiger partial charge is 0.391 e. The quantitative estimate of drug-likeness (QED) is 0.710. The molecule has 0 saturated heterocycles. The molecule has 0 aliphatic heterocycles. The van der Waals surface area contributed by atoms with Crippen LogP contribution in [0.15, 0.2) is 12.4 Å². The highest BCUT2D eigenvalue weighted by Crippen LogP contribution is 2.38. The number of rotatable bonds is 4. The van der Waals surface area contributed by atoms with Gasteiger partial charge in [-0.1, -0.05) is 26.7 Å². The van der Waals surface area contributed by atoms with Crippen molar-refractivity contribution in [3.8, 4) is 5.82 Å². The average molecular weight is 412 g/mol. The maximum atomic E-state index is 12.7. The number of nitrogens with zero attached hydrogens (tertiary/aromatic N) is 3. The van der Waals surface area contributed by atoms with Crippen LogP contribution in [0.25, 0.3) is 5.82 Å². The molecule has 1 fully saturated rings. The van der Waals surface area contributed by atoms with E-state index in [1.54, 1.807) is 0 Å². The van der Waals surface area contributed by atoms with E-state index < -0.39 is 12.0 Å². The van der Waals surface area contributed by atoms with Crippen LogP contribution < -0.4 is 11.1 Å². The number of hydrogen-bond acceptors (Lipinski definition) is 6. The summed E-state index contributed by atoms with van der Waals surface area (Å²) in [6.45, 7) is 6.09. The lowest BCUT2D eigenvalue weighted by Gasteiger charge is -2.30. The fourth-order valence-corrected chi connectivity index (χ4v) is 4.71. The fourth-order valence-electron chi connectivity index (χ4n) is 4.71. The van der Waals surface area contributed by atoms with E-state index in [2.05, 4.69) is 29.1 Å². The number of nitrogens with one attached hydrogen (secondary N) is 1. The molecule has 4 N–H and O–H groups in total.